The van der Waals surface area contributed by atoms with Crippen LogP contribution in [0.25, 0.3) is 0 Å². The molecule has 0 spiro atoms. The molecule has 7 atom stereocenters. The molecule has 0 radical (unpaired) electrons. The van der Waals surface area contributed by atoms with Crippen LogP contribution in [-0.4, -0.2) is 29.6 Å². The van der Waals surface area contributed by atoms with E-state index in [0.717, 1.165) is 37.7 Å². The topological polar surface area (TPSA) is 87.4 Å². The van der Waals surface area contributed by atoms with Crippen molar-refractivity contribution in [1.29, 1.82) is 5.26 Å². The summed E-state index contributed by atoms with van der Waals surface area (Å²) < 4.78 is 27.4. The van der Waals surface area contributed by atoms with Crippen molar-refractivity contribution < 1.29 is 23.2 Å². The summed E-state index contributed by atoms with van der Waals surface area (Å²) in [5.74, 6) is -5.38. The Bertz CT molecular complexity index is 1310. The molecule has 3 saturated carbocycles. The van der Waals surface area contributed by atoms with Gasteiger partial charge in [0.1, 0.15) is 6.07 Å². The van der Waals surface area contributed by atoms with Crippen LogP contribution in [0.1, 0.15) is 93.4 Å². The van der Waals surface area contributed by atoms with Gasteiger partial charge in [-0.25, -0.2) is 4.99 Å². The van der Waals surface area contributed by atoms with Gasteiger partial charge in [-0.05, 0) is 79.6 Å². The van der Waals surface area contributed by atoms with E-state index < -0.39 is 28.1 Å². The third-order valence-corrected chi connectivity index (χ3v) is 12.0. The van der Waals surface area contributed by atoms with Crippen molar-refractivity contribution in [2.75, 3.05) is 0 Å². The first-order chi connectivity index (χ1) is 18.3. The molecular weight excluding hydrogens is 510 g/mol. The fourth-order valence-electron chi connectivity index (χ4n) is 9.84. The maximum Gasteiger partial charge on any atom is 0.324 e. The van der Waals surface area contributed by atoms with Crippen LogP contribution in [-0.2, 0) is 14.4 Å². The van der Waals surface area contributed by atoms with Crippen LogP contribution in [0.3, 0.4) is 0 Å². The summed E-state index contributed by atoms with van der Waals surface area (Å²) in [5, 5.41) is 9.84. The van der Waals surface area contributed by atoms with Crippen LogP contribution in [0.5, 0.6) is 0 Å². The Balaban J connectivity index is 1.62. The molecule has 0 aromatic carbocycles. The van der Waals surface area contributed by atoms with Crippen molar-refractivity contribution in [3.8, 4) is 6.07 Å². The van der Waals surface area contributed by atoms with E-state index in [4.69, 9.17) is 0 Å². The number of fused-ring (bicyclic) bond motifs is 7. The van der Waals surface area contributed by atoms with E-state index in [2.05, 4.69) is 38.8 Å². The summed E-state index contributed by atoms with van der Waals surface area (Å²) in [6, 6.07) is 2.13. The number of amides is 1. The smallest absolute Gasteiger partial charge is 0.295 e. The molecule has 5 nitrogen and oxygen atoms in total. The molecule has 5 rings (SSSR count). The second-order valence-electron chi connectivity index (χ2n) is 15.3. The molecule has 5 aliphatic carbocycles. The lowest BCUT2D eigenvalue weighted by atomic mass is 9.38. The Kier molecular flexibility index (Phi) is 6.35. The van der Waals surface area contributed by atoms with Gasteiger partial charge in [0.15, 0.2) is 11.6 Å². The van der Waals surface area contributed by atoms with Crippen molar-refractivity contribution in [3.05, 3.63) is 23.3 Å². The van der Waals surface area contributed by atoms with Gasteiger partial charge in [-0.1, -0.05) is 53.2 Å². The third-order valence-electron chi connectivity index (χ3n) is 12.0. The van der Waals surface area contributed by atoms with Crippen molar-refractivity contribution in [3.63, 3.8) is 0 Å². The second-order valence-corrected chi connectivity index (χ2v) is 15.3. The average molecular weight is 553 g/mol. The highest BCUT2D eigenvalue weighted by Crippen LogP contribution is 2.70. The molecule has 7 heteroatoms. The van der Waals surface area contributed by atoms with E-state index in [-0.39, 0.29) is 51.6 Å². The van der Waals surface area contributed by atoms with Gasteiger partial charge < -0.3 is 0 Å². The van der Waals surface area contributed by atoms with Gasteiger partial charge in [-0.15, -0.1) is 0 Å². The molecule has 1 amide bonds. The maximum absolute atomic E-state index is 14.3. The van der Waals surface area contributed by atoms with Crippen LogP contribution < -0.4 is 0 Å². The summed E-state index contributed by atoms with van der Waals surface area (Å²) in [7, 11) is 0. The minimum Gasteiger partial charge on any atom is -0.295 e. The number of nitrogens with zero attached hydrogens (tertiary/aromatic N) is 2. The largest absolute Gasteiger partial charge is 0.324 e. The predicted molar refractivity (Wildman–Crippen MR) is 148 cm³/mol. The first-order valence-electron chi connectivity index (χ1n) is 14.7. The van der Waals surface area contributed by atoms with Crippen molar-refractivity contribution in [2.45, 2.75) is 99.3 Å². The zero-order valence-corrected chi connectivity index (χ0v) is 24.9. The van der Waals surface area contributed by atoms with Crippen molar-refractivity contribution >= 4 is 23.7 Å². The monoisotopic (exact) mass is 552 g/mol. The van der Waals surface area contributed by atoms with Gasteiger partial charge in [-0.2, -0.15) is 14.0 Å². The lowest BCUT2D eigenvalue weighted by molar-refractivity contribution is -0.142. The summed E-state index contributed by atoms with van der Waals surface area (Å²) in [6.07, 6.45) is 10.6. The molecular formula is C33H42F2N2O3. The molecule has 3 fully saturated rings. The molecule has 0 N–H and O–H groups in total. The van der Waals surface area contributed by atoms with E-state index in [1.165, 1.54) is 6.21 Å². The molecule has 216 valence electrons. The molecule has 40 heavy (non-hydrogen) atoms. The van der Waals surface area contributed by atoms with E-state index in [0.29, 0.717) is 19.8 Å². The zero-order chi connectivity index (χ0) is 29.7. The van der Waals surface area contributed by atoms with Crippen LogP contribution >= 0.6 is 0 Å². The fraction of sp³-hybridized carbons (Fsp3) is 0.727. The van der Waals surface area contributed by atoms with Crippen molar-refractivity contribution in [2.24, 2.45) is 55.7 Å². The molecule has 0 heterocycles. The molecule has 5 aliphatic rings. The first kappa shape index (κ1) is 29.0. The number of carbonyl (C=O) groups is 3. The number of aliphatic imine (C=N–C) groups is 1. The predicted octanol–water partition coefficient (Wildman–Crippen LogP) is 7.07. The van der Waals surface area contributed by atoms with Gasteiger partial charge >= 0.3 is 11.8 Å². The Hall–Kier alpha value is -2.49. The van der Waals surface area contributed by atoms with Crippen LogP contribution in [0.4, 0.5) is 8.78 Å². The molecule has 0 aromatic rings. The molecule has 0 bridgehead atoms. The van der Waals surface area contributed by atoms with Crippen molar-refractivity contribution in [1.82, 2.24) is 0 Å². The number of allylic oxidation sites excluding steroid dienone is 4. The quantitative estimate of drug-likeness (QED) is 0.343. The summed E-state index contributed by atoms with van der Waals surface area (Å²) in [4.78, 5) is 43.3. The Labute approximate surface area is 236 Å². The summed E-state index contributed by atoms with van der Waals surface area (Å²) in [5.41, 5.74) is -0.970. The summed E-state index contributed by atoms with van der Waals surface area (Å²) >= 11 is 0. The molecule has 0 aromatic heterocycles. The highest BCUT2D eigenvalue weighted by molar-refractivity contribution is 6.04. The SMILES string of the molecule is CC1(C)CCC2(/C=N\C(=O)C(C)(F)F)CCC3C(C(=O)C=C4C5(C)C=C(C#N)C(=O)C(C)(C)C5CCC43C)C2C1. The van der Waals surface area contributed by atoms with E-state index in [1.54, 1.807) is 0 Å². The van der Waals surface area contributed by atoms with Gasteiger partial charge in [0, 0.05) is 35.3 Å². The number of hydrogen-bond donors (Lipinski definition) is 0. The number of alkyl halides is 2. The number of rotatable bonds is 2. The number of ketones is 2. The maximum atomic E-state index is 14.3. The van der Waals surface area contributed by atoms with Gasteiger partial charge in [0.2, 0.25) is 0 Å². The zero-order valence-electron chi connectivity index (χ0n) is 24.9. The fourth-order valence-corrected chi connectivity index (χ4v) is 9.84. The number of Topliss-reactive ketones (excluding diaryl/α,β-unsaturated/α-hetero) is 1. The highest BCUT2D eigenvalue weighted by atomic mass is 19.3. The number of nitriles is 1. The normalized spacial score (nSPS) is 42.0. The minimum absolute atomic E-state index is 0.0153. The Morgan fingerprint density at radius 1 is 1.05 bits per heavy atom. The van der Waals surface area contributed by atoms with Gasteiger partial charge in [0.05, 0.1) is 5.57 Å². The van der Waals surface area contributed by atoms with E-state index in [9.17, 15) is 28.4 Å². The first-order valence-corrected chi connectivity index (χ1v) is 14.7. The highest BCUT2D eigenvalue weighted by Gasteiger charge is 2.65. The van der Waals surface area contributed by atoms with Gasteiger partial charge in [0.25, 0.3) is 0 Å². The third kappa shape index (κ3) is 4.02. The average Bonchev–Trinajstić information content (AvgIpc) is 2.85. The Morgan fingerprint density at radius 2 is 1.73 bits per heavy atom. The molecule has 0 aliphatic heterocycles. The lowest BCUT2D eigenvalue weighted by Crippen LogP contribution is -2.61. The second kappa shape index (κ2) is 8.76. The van der Waals surface area contributed by atoms with E-state index >= 15 is 0 Å². The Morgan fingerprint density at radius 3 is 2.35 bits per heavy atom. The van der Waals surface area contributed by atoms with Crippen LogP contribution in [0.2, 0.25) is 0 Å². The van der Waals surface area contributed by atoms with Crippen LogP contribution in [0, 0.1) is 62.1 Å². The lowest BCUT2D eigenvalue weighted by Gasteiger charge is -2.64. The number of hydrogen-bond acceptors (Lipinski definition) is 4. The van der Waals surface area contributed by atoms with E-state index in [1.807, 2.05) is 26.0 Å². The number of carbonyl (C=O) groups excluding carboxylic acids is 3. The molecule has 0 saturated heterocycles. The van der Waals surface area contributed by atoms with Crippen LogP contribution in [0.15, 0.2) is 28.3 Å². The molecule has 7 unspecified atom stereocenters. The standard InChI is InChI=1S/C33H42F2N2O3/c1-28(2)12-13-33(18-37-27(40)32(7,34)35)11-8-20-25(21(33)16-28)22(38)14-24-30(20,5)10-9-23-29(3,4)26(39)19(17-36)15-31(23,24)6/h14-15,18,20-21,23,25H,8-13,16H2,1-7H3/b37-18-. The number of halogens is 2. The van der Waals surface area contributed by atoms with Gasteiger partial charge in [-0.3, -0.25) is 14.4 Å². The minimum atomic E-state index is -3.53. The summed E-state index contributed by atoms with van der Waals surface area (Å²) in [6.45, 7) is 13.2.